The number of aliphatic hydroxyl groups is 1. The highest BCUT2D eigenvalue weighted by molar-refractivity contribution is 6.27. The molecule has 0 radical (unpaired) electrons. The summed E-state index contributed by atoms with van der Waals surface area (Å²) in [6.07, 6.45) is 2.91. The summed E-state index contributed by atoms with van der Waals surface area (Å²) in [7, 11) is 1.63. The highest BCUT2D eigenvalue weighted by atomic mass is 16.5. The molecular formula is C30H33N5O11. The highest BCUT2D eigenvalue weighted by Gasteiger charge is 2.23. The molecule has 1 aliphatic rings. The van der Waals surface area contributed by atoms with Crippen LogP contribution in [0.4, 0.5) is 5.69 Å². The van der Waals surface area contributed by atoms with Gasteiger partial charge in [0.05, 0.1) is 36.9 Å². The number of hydrogen-bond acceptors (Lipinski definition) is 11. The number of aliphatic carboxylic acids is 4. The molecule has 1 saturated heterocycles. The topological polar surface area (TPSA) is 260 Å². The number of carbonyl (C=O) groups is 5. The van der Waals surface area contributed by atoms with Crippen LogP contribution in [0.5, 0.6) is 5.75 Å². The van der Waals surface area contributed by atoms with Crippen molar-refractivity contribution < 1.29 is 54.2 Å². The Bertz CT molecular complexity index is 1520. The lowest BCUT2D eigenvalue weighted by Gasteiger charge is -2.33. The van der Waals surface area contributed by atoms with Gasteiger partial charge in [0.15, 0.2) is 0 Å². The van der Waals surface area contributed by atoms with Gasteiger partial charge in [-0.3, -0.25) is 9.78 Å². The number of fused-ring (bicyclic) bond motifs is 1. The Hall–Kier alpha value is -5.63. The molecule has 16 heteroatoms. The summed E-state index contributed by atoms with van der Waals surface area (Å²) in [5.41, 5.74) is 2.92. The Balaban J connectivity index is 0.000000522. The van der Waals surface area contributed by atoms with Gasteiger partial charge in [-0.2, -0.15) is 5.26 Å². The van der Waals surface area contributed by atoms with Crippen molar-refractivity contribution in [3.8, 4) is 11.8 Å². The quantitative estimate of drug-likeness (QED) is 0.171. The number of benzene rings is 2. The number of ether oxygens (including phenoxy) is 1. The van der Waals surface area contributed by atoms with Crippen molar-refractivity contribution in [3.05, 3.63) is 65.9 Å². The number of nitrogens with one attached hydrogen (secondary N) is 2. The smallest absolute Gasteiger partial charge is 0.414 e. The highest BCUT2D eigenvalue weighted by Crippen LogP contribution is 2.27. The van der Waals surface area contributed by atoms with E-state index < -0.39 is 30.0 Å². The molecule has 2 aromatic carbocycles. The molecule has 1 aliphatic heterocycles. The number of carboxylic acids is 4. The first-order chi connectivity index (χ1) is 21.8. The summed E-state index contributed by atoms with van der Waals surface area (Å²) >= 11 is 0. The van der Waals surface area contributed by atoms with E-state index in [-0.39, 0.29) is 18.5 Å². The summed E-state index contributed by atoms with van der Waals surface area (Å²) in [5, 5.41) is 56.4. The number of rotatable bonds is 8. The van der Waals surface area contributed by atoms with Gasteiger partial charge < -0.3 is 45.8 Å². The van der Waals surface area contributed by atoms with Gasteiger partial charge in [0.25, 0.3) is 0 Å². The van der Waals surface area contributed by atoms with Gasteiger partial charge in [0.2, 0.25) is 5.91 Å². The van der Waals surface area contributed by atoms with Crippen LogP contribution >= 0.6 is 0 Å². The number of aliphatic hydroxyl groups excluding tert-OH is 1. The second-order valence-corrected chi connectivity index (χ2v) is 9.71. The number of pyridine rings is 1. The molecule has 1 amide bonds. The molecule has 2 heterocycles. The number of carbonyl (C=O) groups excluding carboxylic acids is 1. The number of anilines is 1. The van der Waals surface area contributed by atoms with Gasteiger partial charge in [0.1, 0.15) is 5.75 Å². The predicted octanol–water partition coefficient (Wildman–Crippen LogP) is 1.15. The number of amides is 1. The van der Waals surface area contributed by atoms with Gasteiger partial charge in [-0.25, -0.2) is 19.2 Å². The van der Waals surface area contributed by atoms with E-state index in [1.54, 1.807) is 37.6 Å². The van der Waals surface area contributed by atoms with Crippen molar-refractivity contribution in [2.75, 3.05) is 38.6 Å². The van der Waals surface area contributed by atoms with E-state index in [0.717, 1.165) is 48.1 Å². The third kappa shape index (κ3) is 12.2. The molecule has 7 N–H and O–H groups in total. The molecule has 3 aromatic rings. The molecule has 1 atom stereocenters. The summed E-state index contributed by atoms with van der Waals surface area (Å²) in [6, 6.07) is 16.7. The Morgan fingerprint density at radius 2 is 1.54 bits per heavy atom. The van der Waals surface area contributed by atoms with Crippen LogP contribution in [0.15, 0.2) is 54.7 Å². The normalized spacial score (nSPS) is 13.4. The fraction of sp³-hybridized carbons (Fsp3) is 0.300. The molecule has 0 spiro atoms. The Labute approximate surface area is 262 Å². The Morgan fingerprint density at radius 1 is 0.957 bits per heavy atom. The number of methoxy groups -OCH3 is 1. The van der Waals surface area contributed by atoms with Crippen molar-refractivity contribution in [3.63, 3.8) is 0 Å². The van der Waals surface area contributed by atoms with E-state index in [4.69, 9.17) is 49.6 Å². The van der Waals surface area contributed by atoms with Gasteiger partial charge >= 0.3 is 23.9 Å². The fourth-order valence-corrected chi connectivity index (χ4v) is 4.30. The number of nitrogens with zero attached hydrogens (tertiary/aromatic N) is 3. The maximum absolute atomic E-state index is 12.2. The number of hydrogen-bond donors (Lipinski definition) is 7. The first kappa shape index (κ1) is 36.6. The molecule has 244 valence electrons. The zero-order valence-corrected chi connectivity index (χ0v) is 24.6. The van der Waals surface area contributed by atoms with Crippen molar-refractivity contribution in [1.82, 2.24) is 15.2 Å². The summed E-state index contributed by atoms with van der Waals surface area (Å²) in [4.78, 5) is 55.3. The summed E-state index contributed by atoms with van der Waals surface area (Å²) < 4.78 is 5.33. The minimum Gasteiger partial charge on any atom is -0.497 e. The van der Waals surface area contributed by atoms with Crippen molar-refractivity contribution >= 4 is 46.4 Å². The standard InChI is InChI=1S/C26H29N5O3.2C2H2O4/c1-34-21-6-7-24-23(14-21)22(8-11-28-24)25(32)17-31-12-9-19(10-13-31)29-16-26(33)30-20-4-2-18(15-27)3-5-20;2*3-1(4)2(5)6/h2-8,11,14,19,25,29,32H,9-10,12-13,16-17H2,1H3,(H,30,33);2*(H,3,4)(H,5,6)/t25-;;/m0../s1. The zero-order chi connectivity index (χ0) is 34.2. The van der Waals surface area contributed by atoms with Crippen LogP contribution in [-0.2, 0) is 24.0 Å². The lowest BCUT2D eigenvalue weighted by molar-refractivity contribution is -0.159. The number of aromatic nitrogens is 1. The van der Waals surface area contributed by atoms with Gasteiger partial charge in [-0.05, 0) is 80.0 Å². The minimum absolute atomic E-state index is 0.109. The van der Waals surface area contributed by atoms with Crippen LogP contribution in [0.3, 0.4) is 0 Å². The number of carboxylic acid groups (broad SMARTS) is 4. The van der Waals surface area contributed by atoms with Crippen LogP contribution in [-0.4, -0.2) is 105 Å². The van der Waals surface area contributed by atoms with Crippen LogP contribution in [0.25, 0.3) is 10.9 Å². The molecule has 0 saturated carbocycles. The largest absolute Gasteiger partial charge is 0.497 e. The zero-order valence-electron chi connectivity index (χ0n) is 24.6. The molecule has 1 fully saturated rings. The van der Waals surface area contributed by atoms with Crippen LogP contribution in [0.1, 0.15) is 30.1 Å². The molecule has 16 nitrogen and oxygen atoms in total. The Morgan fingerprint density at radius 3 is 2.07 bits per heavy atom. The van der Waals surface area contributed by atoms with Gasteiger partial charge in [-0.15, -0.1) is 0 Å². The van der Waals surface area contributed by atoms with E-state index in [1.807, 2.05) is 24.3 Å². The number of likely N-dealkylation sites (tertiary alicyclic amines) is 1. The van der Waals surface area contributed by atoms with Crippen molar-refractivity contribution in [2.24, 2.45) is 0 Å². The maximum atomic E-state index is 12.2. The number of β-amino-alcohol motifs (C(OH)–C–C–N with tert-alkyl or cyclic N) is 1. The third-order valence-corrected chi connectivity index (χ3v) is 6.58. The third-order valence-electron chi connectivity index (χ3n) is 6.58. The Kier molecular flexibility index (Phi) is 14.5. The van der Waals surface area contributed by atoms with E-state index in [9.17, 15) is 9.90 Å². The second kappa shape index (κ2) is 18.2. The summed E-state index contributed by atoms with van der Waals surface area (Å²) in [6.45, 7) is 2.47. The minimum atomic E-state index is -1.82. The van der Waals surface area contributed by atoms with E-state index >= 15 is 0 Å². The second-order valence-electron chi connectivity index (χ2n) is 9.71. The number of nitriles is 1. The van der Waals surface area contributed by atoms with Gasteiger partial charge in [0, 0.05) is 29.9 Å². The fourth-order valence-electron chi connectivity index (χ4n) is 4.30. The molecule has 0 bridgehead atoms. The lowest BCUT2D eigenvalue weighted by atomic mass is 10.0. The average Bonchev–Trinajstić information content (AvgIpc) is 3.04. The van der Waals surface area contributed by atoms with Crippen LogP contribution in [0.2, 0.25) is 0 Å². The molecule has 0 unspecified atom stereocenters. The average molecular weight is 640 g/mol. The first-order valence-corrected chi connectivity index (χ1v) is 13.6. The molecule has 0 aliphatic carbocycles. The van der Waals surface area contributed by atoms with E-state index in [0.29, 0.717) is 17.8 Å². The van der Waals surface area contributed by atoms with Crippen LogP contribution < -0.4 is 15.4 Å². The molecular weight excluding hydrogens is 606 g/mol. The van der Waals surface area contributed by atoms with E-state index in [1.165, 1.54) is 0 Å². The number of piperidine rings is 1. The maximum Gasteiger partial charge on any atom is 0.414 e. The van der Waals surface area contributed by atoms with Gasteiger partial charge in [-0.1, -0.05) is 0 Å². The predicted molar refractivity (Wildman–Crippen MR) is 161 cm³/mol. The molecule has 46 heavy (non-hydrogen) atoms. The molecule has 4 rings (SSSR count). The SMILES string of the molecule is COc1ccc2nccc([C@@H](O)CN3CCC(NCC(=O)Nc4ccc(C#N)cc4)CC3)c2c1.O=C(O)C(=O)O.O=C(O)C(=O)O. The molecule has 1 aromatic heterocycles. The van der Waals surface area contributed by atoms with Crippen LogP contribution in [0, 0.1) is 11.3 Å². The van der Waals surface area contributed by atoms with Crippen molar-refractivity contribution in [1.29, 1.82) is 5.26 Å². The van der Waals surface area contributed by atoms with E-state index in [2.05, 4.69) is 26.6 Å². The first-order valence-electron chi connectivity index (χ1n) is 13.6. The van der Waals surface area contributed by atoms with Crippen molar-refractivity contribution in [2.45, 2.75) is 25.0 Å². The lowest BCUT2D eigenvalue weighted by Crippen LogP contribution is -2.45. The monoisotopic (exact) mass is 639 g/mol. The summed E-state index contributed by atoms with van der Waals surface area (Å²) in [5.74, 6) is -6.67.